The zero-order chi connectivity index (χ0) is 15.0. The van der Waals surface area contributed by atoms with Gasteiger partial charge in [-0.15, -0.1) is 0 Å². The van der Waals surface area contributed by atoms with Crippen LogP contribution in [0, 0.1) is 0 Å². The Morgan fingerprint density at radius 3 is 2.86 bits per heavy atom. The van der Waals surface area contributed by atoms with E-state index in [1.165, 1.54) is 10.8 Å². The molecule has 0 atom stereocenters. The third-order valence-electron chi connectivity index (χ3n) is 3.17. The van der Waals surface area contributed by atoms with E-state index in [0.29, 0.717) is 23.6 Å². The summed E-state index contributed by atoms with van der Waals surface area (Å²) in [7, 11) is 0. The molecule has 7 heteroatoms. The maximum absolute atomic E-state index is 12.0. The van der Waals surface area contributed by atoms with Crippen molar-refractivity contribution in [3.8, 4) is 11.5 Å². The van der Waals surface area contributed by atoms with E-state index in [1.54, 1.807) is 22.8 Å². The van der Waals surface area contributed by atoms with Crippen LogP contribution in [0.2, 0.25) is 0 Å². The molecule has 0 saturated heterocycles. The Balaban J connectivity index is 2.32. The molecule has 7 nitrogen and oxygen atoms in total. The van der Waals surface area contributed by atoms with Crippen molar-refractivity contribution >= 4 is 11.6 Å². The van der Waals surface area contributed by atoms with E-state index in [1.807, 2.05) is 6.92 Å². The number of carbonyl (C=O) groups is 1. The molecule has 0 amide bonds. The number of aryl methyl sites for hydroxylation is 1. The van der Waals surface area contributed by atoms with Gasteiger partial charge in [-0.3, -0.25) is 4.79 Å². The number of furan rings is 1. The molecule has 21 heavy (non-hydrogen) atoms. The normalized spacial score (nSPS) is 11.1. The van der Waals surface area contributed by atoms with Crippen LogP contribution in [-0.4, -0.2) is 25.3 Å². The molecular formula is C14H13N3O4. The second-order valence-corrected chi connectivity index (χ2v) is 4.60. The minimum Gasteiger partial charge on any atom is -0.477 e. The predicted octanol–water partition coefficient (Wildman–Crippen LogP) is 1.86. The lowest BCUT2D eigenvalue weighted by molar-refractivity contribution is 0.0684. The van der Waals surface area contributed by atoms with Gasteiger partial charge in [-0.2, -0.15) is 9.61 Å². The monoisotopic (exact) mass is 287 g/mol. The quantitative estimate of drug-likeness (QED) is 0.791. The average Bonchev–Trinajstić information content (AvgIpc) is 3.09. The van der Waals surface area contributed by atoms with Crippen LogP contribution in [0.25, 0.3) is 17.1 Å². The van der Waals surface area contributed by atoms with Gasteiger partial charge in [-0.05, 0) is 18.6 Å². The number of carboxylic acids is 1. The molecule has 0 aromatic carbocycles. The highest BCUT2D eigenvalue weighted by Gasteiger charge is 2.17. The minimum atomic E-state index is -1.14. The van der Waals surface area contributed by atoms with Gasteiger partial charge in [0, 0.05) is 18.7 Å². The van der Waals surface area contributed by atoms with Crippen molar-refractivity contribution in [3.05, 3.63) is 46.6 Å². The molecule has 3 rings (SSSR count). The summed E-state index contributed by atoms with van der Waals surface area (Å²) in [6.07, 6.45) is 2.25. The highest BCUT2D eigenvalue weighted by atomic mass is 16.4. The Bertz CT molecular complexity index is 858. The van der Waals surface area contributed by atoms with Crippen LogP contribution in [0.5, 0.6) is 0 Å². The van der Waals surface area contributed by atoms with Crippen molar-refractivity contribution in [2.45, 2.75) is 19.9 Å². The number of nitrogens with zero attached hydrogens (tertiary/aromatic N) is 3. The van der Waals surface area contributed by atoms with Crippen molar-refractivity contribution in [3.63, 3.8) is 0 Å². The van der Waals surface area contributed by atoms with Gasteiger partial charge in [0.25, 0.3) is 5.56 Å². The molecular weight excluding hydrogens is 274 g/mol. The standard InChI is InChI=1S/C14H13N3O4/c1-2-5-16-10(14(19)20)8-13(18)17-12(16)7-9(15-17)11-4-3-6-21-11/h3-4,6-8H,2,5H2,1H3,(H,19,20). The summed E-state index contributed by atoms with van der Waals surface area (Å²) >= 11 is 0. The number of aromatic carboxylic acids is 1. The van der Waals surface area contributed by atoms with E-state index in [9.17, 15) is 14.7 Å². The van der Waals surface area contributed by atoms with Crippen LogP contribution in [0.1, 0.15) is 23.8 Å². The second kappa shape index (κ2) is 4.93. The summed E-state index contributed by atoms with van der Waals surface area (Å²) in [4.78, 5) is 23.4. The SMILES string of the molecule is CCCn1c(C(=O)O)cc(=O)n2nc(-c3ccco3)cc12. The zero-order valence-electron chi connectivity index (χ0n) is 11.3. The number of rotatable bonds is 4. The molecule has 0 fully saturated rings. The lowest BCUT2D eigenvalue weighted by Crippen LogP contribution is -2.23. The fourth-order valence-electron chi connectivity index (χ4n) is 2.29. The number of fused-ring (bicyclic) bond motifs is 1. The van der Waals surface area contributed by atoms with Crippen molar-refractivity contribution in [2.24, 2.45) is 0 Å². The molecule has 0 bridgehead atoms. The third-order valence-corrected chi connectivity index (χ3v) is 3.17. The molecule has 0 aliphatic carbocycles. The Hall–Kier alpha value is -2.83. The fourth-order valence-corrected chi connectivity index (χ4v) is 2.29. The number of carboxylic acid groups (broad SMARTS) is 1. The molecule has 0 saturated carbocycles. The molecule has 0 aliphatic rings. The van der Waals surface area contributed by atoms with Crippen LogP contribution in [0.15, 0.2) is 39.7 Å². The largest absolute Gasteiger partial charge is 0.477 e. The second-order valence-electron chi connectivity index (χ2n) is 4.60. The fraction of sp³-hybridized carbons (Fsp3) is 0.214. The van der Waals surface area contributed by atoms with Crippen molar-refractivity contribution in [2.75, 3.05) is 0 Å². The lowest BCUT2D eigenvalue weighted by atomic mass is 10.3. The van der Waals surface area contributed by atoms with E-state index in [4.69, 9.17) is 4.42 Å². The summed E-state index contributed by atoms with van der Waals surface area (Å²) in [5.74, 6) is -0.609. The first-order valence-corrected chi connectivity index (χ1v) is 6.52. The van der Waals surface area contributed by atoms with Crippen LogP contribution in [0.4, 0.5) is 0 Å². The van der Waals surface area contributed by atoms with E-state index in [2.05, 4.69) is 5.10 Å². The summed E-state index contributed by atoms with van der Waals surface area (Å²) in [5, 5.41) is 13.5. The van der Waals surface area contributed by atoms with Gasteiger partial charge in [0.05, 0.1) is 6.26 Å². The summed E-state index contributed by atoms with van der Waals surface area (Å²) in [5.41, 5.74) is 0.408. The first-order chi connectivity index (χ1) is 10.1. The first-order valence-electron chi connectivity index (χ1n) is 6.52. The first kappa shape index (κ1) is 13.2. The molecule has 0 aliphatic heterocycles. The molecule has 0 unspecified atom stereocenters. The smallest absolute Gasteiger partial charge is 0.352 e. The van der Waals surface area contributed by atoms with Crippen molar-refractivity contribution in [1.82, 2.24) is 14.2 Å². The van der Waals surface area contributed by atoms with Gasteiger partial charge < -0.3 is 14.1 Å². The molecule has 3 aromatic heterocycles. The minimum absolute atomic E-state index is 0.0414. The zero-order valence-corrected chi connectivity index (χ0v) is 11.3. The van der Waals surface area contributed by atoms with E-state index < -0.39 is 11.5 Å². The summed E-state index contributed by atoms with van der Waals surface area (Å²) in [6, 6.07) is 6.20. The highest BCUT2D eigenvalue weighted by molar-refractivity contribution is 5.86. The Kier molecular flexibility index (Phi) is 3.09. The number of hydrogen-bond acceptors (Lipinski definition) is 4. The van der Waals surface area contributed by atoms with Crippen molar-refractivity contribution < 1.29 is 14.3 Å². The summed E-state index contributed by atoms with van der Waals surface area (Å²) in [6.45, 7) is 2.42. The van der Waals surface area contributed by atoms with Crippen LogP contribution >= 0.6 is 0 Å². The molecule has 1 N–H and O–H groups in total. The lowest BCUT2D eigenvalue weighted by Gasteiger charge is -2.10. The van der Waals surface area contributed by atoms with Gasteiger partial charge in [-0.1, -0.05) is 6.92 Å². The maximum atomic E-state index is 12.0. The number of aromatic nitrogens is 3. The average molecular weight is 287 g/mol. The van der Waals surface area contributed by atoms with Crippen LogP contribution < -0.4 is 5.56 Å². The van der Waals surface area contributed by atoms with Crippen molar-refractivity contribution in [1.29, 1.82) is 0 Å². The molecule has 108 valence electrons. The molecule has 3 aromatic rings. The third kappa shape index (κ3) is 2.12. The Morgan fingerprint density at radius 1 is 1.43 bits per heavy atom. The Morgan fingerprint density at radius 2 is 2.24 bits per heavy atom. The van der Waals surface area contributed by atoms with Crippen LogP contribution in [-0.2, 0) is 6.54 Å². The predicted molar refractivity (Wildman–Crippen MR) is 74.4 cm³/mol. The molecule has 3 heterocycles. The topological polar surface area (TPSA) is 89.7 Å². The van der Waals surface area contributed by atoms with Gasteiger partial charge in [0.15, 0.2) is 5.76 Å². The van der Waals surface area contributed by atoms with E-state index in [-0.39, 0.29) is 5.69 Å². The van der Waals surface area contributed by atoms with Crippen LogP contribution in [0.3, 0.4) is 0 Å². The van der Waals surface area contributed by atoms with E-state index >= 15 is 0 Å². The summed E-state index contributed by atoms with van der Waals surface area (Å²) < 4.78 is 8.03. The highest BCUT2D eigenvalue weighted by Crippen LogP contribution is 2.20. The molecule has 0 radical (unpaired) electrons. The van der Waals surface area contributed by atoms with E-state index in [0.717, 1.165) is 12.5 Å². The van der Waals surface area contributed by atoms with Gasteiger partial charge in [0.1, 0.15) is 17.0 Å². The molecule has 0 spiro atoms. The van der Waals surface area contributed by atoms with Gasteiger partial charge in [0.2, 0.25) is 0 Å². The maximum Gasteiger partial charge on any atom is 0.352 e. The van der Waals surface area contributed by atoms with Gasteiger partial charge in [-0.25, -0.2) is 4.79 Å². The van der Waals surface area contributed by atoms with Gasteiger partial charge >= 0.3 is 5.97 Å². The number of hydrogen-bond donors (Lipinski definition) is 1. The Labute approximate surface area is 119 Å².